The number of nitrogens with two attached hydrogens (primary N) is 1. The van der Waals surface area contributed by atoms with Crippen molar-refractivity contribution in [1.82, 2.24) is 4.90 Å². The van der Waals surface area contributed by atoms with Gasteiger partial charge >= 0.3 is 0 Å². The first kappa shape index (κ1) is 17.5. The number of carbonyl (C=O) groups excluding carboxylic acids is 1. The van der Waals surface area contributed by atoms with Gasteiger partial charge in [-0.25, -0.2) is 8.78 Å². The molecule has 0 unspecified atom stereocenters. The Morgan fingerprint density at radius 1 is 1.20 bits per heavy atom. The molecule has 25 heavy (non-hydrogen) atoms. The molecule has 0 aromatic heterocycles. The van der Waals surface area contributed by atoms with Crippen LogP contribution in [-0.2, 0) is 6.54 Å². The number of primary amides is 1. The van der Waals surface area contributed by atoms with E-state index in [9.17, 15) is 18.7 Å². The molecule has 0 heterocycles. The van der Waals surface area contributed by atoms with Crippen LogP contribution >= 0.6 is 0 Å². The fourth-order valence-electron chi connectivity index (χ4n) is 2.88. The lowest BCUT2D eigenvalue weighted by Gasteiger charge is -2.25. The molecule has 1 atom stereocenters. The third kappa shape index (κ3) is 4.41. The molecular weight excluding hydrogens is 326 g/mol. The largest absolute Gasteiger partial charge is 0.387 e. The fourth-order valence-corrected chi connectivity index (χ4v) is 2.88. The van der Waals surface area contributed by atoms with Crippen LogP contribution in [0.5, 0.6) is 0 Å². The van der Waals surface area contributed by atoms with Crippen molar-refractivity contribution in [3.05, 3.63) is 70.8 Å². The number of aliphatic hydroxyl groups excluding tert-OH is 1. The van der Waals surface area contributed by atoms with Gasteiger partial charge in [-0.1, -0.05) is 12.1 Å². The van der Waals surface area contributed by atoms with Gasteiger partial charge in [0.1, 0.15) is 11.6 Å². The zero-order valence-corrected chi connectivity index (χ0v) is 13.7. The van der Waals surface area contributed by atoms with Crippen LogP contribution in [0.4, 0.5) is 8.78 Å². The van der Waals surface area contributed by atoms with Crippen molar-refractivity contribution in [2.45, 2.75) is 31.5 Å². The third-order valence-electron chi connectivity index (χ3n) is 4.41. The van der Waals surface area contributed by atoms with Gasteiger partial charge in [-0.05, 0) is 48.7 Å². The first-order chi connectivity index (χ1) is 11.9. The Kier molecular flexibility index (Phi) is 5.11. The highest BCUT2D eigenvalue weighted by molar-refractivity contribution is 5.92. The molecule has 132 valence electrons. The summed E-state index contributed by atoms with van der Waals surface area (Å²) in [6.07, 6.45) is 0.913. The second kappa shape index (κ2) is 7.29. The minimum absolute atomic E-state index is 0.0327. The lowest BCUT2D eigenvalue weighted by atomic mass is 10.1. The number of nitrogens with zero attached hydrogens (tertiary/aromatic N) is 1. The normalized spacial score (nSPS) is 15.4. The van der Waals surface area contributed by atoms with Crippen LogP contribution in [0.15, 0.2) is 42.5 Å². The maximum absolute atomic E-state index is 13.8. The number of hydrogen-bond acceptors (Lipinski definition) is 3. The first-order valence-electron chi connectivity index (χ1n) is 8.20. The second-order valence-electron chi connectivity index (χ2n) is 6.40. The van der Waals surface area contributed by atoms with E-state index in [1.807, 2.05) is 17.0 Å². The Hall–Kier alpha value is -2.31. The Morgan fingerprint density at radius 2 is 1.88 bits per heavy atom. The predicted molar refractivity (Wildman–Crippen MR) is 89.7 cm³/mol. The maximum Gasteiger partial charge on any atom is 0.248 e. The molecule has 2 aromatic carbocycles. The van der Waals surface area contributed by atoms with Crippen molar-refractivity contribution in [2.24, 2.45) is 5.73 Å². The highest BCUT2D eigenvalue weighted by Gasteiger charge is 2.31. The van der Waals surface area contributed by atoms with E-state index in [0.717, 1.165) is 36.6 Å². The Balaban J connectivity index is 1.71. The summed E-state index contributed by atoms with van der Waals surface area (Å²) in [4.78, 5) is 13.2. The van der Waals surface area contributed by atoms with Crippen molar-refractivity contribution < 1.29 is 18.7 Å². The third-order valence-corrected chi connectivity index (χ3v) is 4.41. The molecule has 3 rings (SSSR count). The van der Waals surface area contributed by atoms with E-state index in [1.54, 1.807) is 12.1 Å². The van der Waals surface area contributed by atoms with E-state index >= 15 is 0 Å². The number of aliphatic hydroxyl groups is 1. The minimum Gasteiger partial charge on any atom is -0.387 e. The van der Waals surface area contributed by atoms with Crippen LogP contribution in [0, 0.1) is 11.6 Å². The van der Waals surface area contributed by atoms with Crippen LogP contribution in [0.3, 0.4) is 0 Å². The maximum atomic E-state index is 13.8. The zero-order chi connectivity index (χ0) is 18.0. The Labute approximate surface area is 144 Å². The van der Waals surface area contributed by atoms with Crippen LogP contribution in [0.25, 0.3) is 0 Å². The number of hydrogen-bond donors (Lipinski definition) is 2. The Bertz CT molecular complexity index is 761. The summed E-state index contributed by atoms with van der Waals surface area (Å²) < 4.78 is 27.2. The molecule has 2 aromatic rings. The van der Waals surface area contributed by atoms with Crippen LogP contribution in [0.1, 0.15) is 40.4 Å². The molecule has 1 fully saturated rings. The SMILES string of the molecule is NC(=O)c1ccc(CN(C[C@H](O)c2cc(F)ccc2F)C2CC2)cc1. The standard InChI is InChI=1S/C19H20F2N2O2/c20-14-5-8-17(21)16(9-14)18(24)11-23(15-6-7-15)10-12-1-3-13(4-2-12)19(22)25/h1-5,8-9,15,18,24H,6-7,10-11H2,(H2,22,25)/t18-/m0/s1. The van der Waals surface area contributed by atoms with Crippen molar-refractivity contribution in [1.29, 1.82) is 0 Å². The summed E-state index contributed by atoms with van der Waals surface area (Å²) in [7, 11) is 0. The molecule has 1 saturated carbocycles. The molecule has 1 amide bonds. The summed E-state index contributed by atoms with van der Waals surface area (Å²) in [5.41, 5.74) is 6.59. The van der Waals surface area contributed by atoms with Crippen molar-refractivity contribution in [2.75, 3.05) is 6.54 Å². The molecule has 0 saturated heterocycles. The molecule has 0 radical (unpaired) electrons. The van der Waals surface area contributed by atoms with Gasteiger partial charge in [0.15, 0.2) is 0 Å². The average Bonchev–Trinajstić information content (AvgIpc) is 3.42. The molecule has 1 aliphatic rings. The zero-order valence-electron chi connectivity index (χ0n) is 13.7. The van der Waals surface area contributed by atoms with Gasteiger partial charge in [0.25, 0.3) is 0 Å². The van der Waals surface area contributed by atoms with Crippen molar-refractivity contribution in [3.8, 4) is 0 Å². The van der Waals surface area contributed by atoms with Crippen molar-refractivity contribution in [3.63, 3.8) is 0 Å². The smallest absolute Gasteiger partial charge is 0.248 e. The molecule has 4 nitrogen and oxygen atoms in total. The molecule has 3 N–H and O–H groups in total. The molecular formula is C19H20F2N2O2. The molecule has 6 heteroatoms. The predicted octanol–water partition coefficient (Wildman–Crippen LogP) is 2.76. The van der Waals surface area contributed by atoms with E-state index in [1.165, 1.54) is 0 Å². The van der Waals surface area contributed by atoms with Gasteiger partial charge in [0, 0.05) is 30.3 Å². The lowest BCUT2D eigenvalue weighted by Crippen LogP contribution is -2.30. The number of rotatable bonds is 7. The van der Waals surface area contributed by atoms with Gasteiger partial charge in [-0.15, -0.1) is 0 Å². The molecule has 0 bridgehead atoms. The van der Waals surface area contributed by atoms with Crippen LogP contribution in [0.2, 0.25) is 0 Å². The first-order valence-corrected chi connectivity index (χ1v) is 8.20. The van der Waals surface area contributed by atoms with Crippen LogP contribution < -0.4 is 5.73 Å². The number of halogens is 2. The summed E-state index contributed by atoms with van der Waals surface area (Å²) in [6, 6.07) is 10.4. The average molecular weight is 346 g/mol. The van der Waals surface area contributed by atoms with Gasteiger partial charge in [0.05, 0.1) is 6.10 Å². The van der Waals surface area contributed by atoms with E-state index < -0.39 is 23.6 Å². The highest BCUT2D eigenvalue weighted by atomic mass is 19.1. The number of benzene rings is 2. The second-order valence-corrected chi connectivity index (χ2v) is 6.40. The highest BCUT2D eigenvalue weighted by Crippen LogP contribution is 2.31. The summed E-state index contributed by atoms with van der Waals surface area (Å²) >= 11 is 0. The summed E-state index contributed by atoms with van der Waals surface area (Å²) in [5, 5.41) is 10.4. The van der Waals surface area contributed by atoms with E-state index in [-0.39, 0.29) is 12.1 Å². The van der Waals surface area contributed by atoms with E-state index in [4.69, 9.17) is 5.73 Å². The summed E-state index contributed by atoms with van der Waals surface area (Å²) in [6.45, 7) is 0.764. The topological polar surface area (TPSA) is 66.6 Å². The molecule has 1 aliphatic carbocycles. The number of carbonyl (C=O) groups is 1. The lowest BCUT2D eigenvalue weighted by molar-refractivity contribution is 0.1000. The van der Waals surface area contributed by atoms with Crippen LogP contribution in [-0.4, -0.2) is 28.5 Å². The van der Waals surface area contributed by atoms with Gasteiger partial charge in [-0.2, -0.15) is 0 Å². The quantitative estimate of drug-likeness (QED) is 0.810. The van der Waals surface area contributed by atoms with E-state index in [0.29, 0.717) is 18.2 Å². The Morgan fingerprint density at radius 3 is 2.48 bits per heavy atom. The van der Waals surface area contributed by atoms with Gasteiger partial charge in [-0.3, -0.25) is 9.69 Å². The van der Waals surface area contributed by atoms with Gasteiger partial charge < -0.3 is 10.8 Å². The molecule has 0 spiro atoms. The van der Waals surface area contributed by atoms with Gasteiger partial charge in [0.2, 0.25) is 5.91 Å². The monoisotopic (exact) mass is 346 g/mol. The summed E-state index contributed by atoms with van der Waals surface area (Å²) in [5.74, 6) is -1.67. The fraction of sp³-hybridized carbons (Fsp3) is 0.316. The van der Waals surface area contributed by atoms with E-state index in [2.05, 4.69) is 0 Å². The minimum atomic E-state index is -1.11. The van der Waals surface area contributed by atoms with Crippen molar-refractivity contribution >= 4 is 5.91 Å². The molecule has 0 aliphatic heterocycles. The number of amides is 1.